The van der Waals surface area contributed by atoms with Crippen molar-refractivity contribution in [2.45, 2.75) is 26.4 Å². The largest absolute Gasteiger partial charge is 0.379 e. The van der Waals surface area contributed by atoms with Gasteiger partial charge in [-0.25, -0.2) is 14.4 Å². The van der Waals surface area contributed by atoms with Gasteiger partial charge in [-0.1, -0.05) is 11.6 Å². The number of benzene rings is 1. The van der Waals surface area contributed by atoms with Crippen molar-refractivity contribution in [3.8, 4) is 11.4 Å². The molecule has 5 rings (SSSR count). The van der Waals surface area contributed by atoms with E-state index in [1.165, 1.54) is 12.3 Å². The molecule has 2 N–H and O–H groups in total. The molecule has 1 saturated heterocycles. The summed E-state index contributed by atoms with van der Waals surface area (Å²) in [6.07, 6.45) is 3.11. The van der Waals surface area contributed by atoms with Crippen LogP contribution in [0.25, 0.3) is 33.5 Å². The Labute approximate surface area is 200 Å². The Kier molecular flexibility index (Phi) is 6.20. The fourth-order valence-corrected chi connectivity index (χ4v) is 4.35. The highest BCUT2D eigenvalue weighted by molar-refractivity contribution is 6.31. The van der Waals surface area contributed by atoms with Crippen molar-refractivity contribution < 1.29 is 13.9 Å². The first kappa shape index (κ1) is 22.7. The zero-order valence-corrected chi connectivity index (χ0v) is 19.7. The molecule has 4 heterocycles. The van der Waals surface area contributed by atoms with Crippen molar-refractivity contribution >= 4 is 39.6 Å². The third-order valence-electron chi connectivity index (χ3n) is 5.79. The standard InChI is InChI=1S/C23H25ClFN7O2/c1-13(2)28-23(33)15-11-26-22-20(15)29-17(12-27-22)21-19-16(25)9-14(24)10-18(19)32(30-21)4-3-31-5-7-34-8-6-31/h9-13H,3-8H2,1-2H3,(H,26,27)(H,28,33). The minimum atomic E-state index is -0.483. The molecule has 11 heteroatoms. The Morgan fingerprint density at radius 1 is 1.29 bits per heavy atom. The summed E-state index contributed by atoms with van der Waals surface area (Å²) in [5, 5.41) is 8.18. The Bertz CT molecular complexity index is 1360. The molecule has 1 amide bonds. The van der Waals surface area contributed by atoms with E-state index >= 15 is 4.39 Å². The second kappa shape index (κ2) is 9.28. The van der Waals surface area contributed by atoms with Crippen molar-refractivity contribution in [2.24, 2.45) is 0 Å². The monoisotopic (exact) mass is 485 g/mol. The number of hydrogen-bond acceptors (Lipinski definition) is 6. The SMILES string of the molecule is CC(C)NC(=O)c1c[nH]c2ncc(-c3nn(CCN4CCOCC4)c4cc(Cl)cc(F)c34)nc12. The Balaban J connectivity index is 1.57. The first-order valence-electron chi connectivity index (χ1n) is 11.2. The predicted molar refractivity (Wildman–Crippen MR) is 127 cm³/mol. The molecule has 4 aromatic rings. The Morgan fingerprint density at radius 3 is 2.85 bits per heavy atom. The topological polar surface area (TPSA) is 101 Å². The molecule has 1 fully saturated rings. The van der Waals surface area contributed by atoms with Crippen LogP contribution in [0.2, 0.25) is 5.02 Å². The molecular formula is C23H25ClFN7O2. The zero-order chi connectivity index (χ0) is 23.8. The minimum absolute atomic E-state index is 0.0291. The normalized spacial score (nSPS) is 15.0. The summed E-state index contributed by atoms with van der Waals surface area (Å²) in [7, 11) is 0. The maximum Gasteiger partial charge on any atom is 0.255 e. The number of carbonyl (C=O) groups is 1. The molecule has 1 aliphatic rings. The second-order valence-corrected chi connectivity index (χ2v) is 9.03. The van der Waals surface area contributed by atoms with E-state index in [0.29, 0.717) is 63.8 Å². The van der Waals surface area contributed by atoms with Crippen LogP contribution in [-0.4, -0.2) is 74.4 Å². The first-order chi connectivity index (χ1) is 16.4. The lowest BCUT2D eigenvalue weighted by Gasteiger charge is -2.26. The summed E-state index contributed by atoms with van der Waals surface area (Å²) in [6.45, 7) is 8.15. The average molecular weight is 486 g/mol. The van der Waals surface area contributed by atoms with E-state index in [0.717, 1.165) is 19.6 Å². The third kappa shape index (κ3) is 4.36. The Hall–Kier alpha value is -3.08. The van der Waals surface area contributed by atoms with Crippen molar-refractivity contribution in [2.75, 3.05) is 32.8 Å². The van der Waals surface area contributed by atoms with Crippen LogP contribution in [0, 0.1) is 5.82 Å². The molecule has 3 aromatic heterocycles. The molecule has 0 radical (unpaired) electrons. The van der Waals surface area contributed by atoms with Crippen molar-refractivity contribution in [1.82, 2.24) is 34.9 Å². The molecule has 0 saturated carbocycles. The van der Waals surface area contributed by atoms with Gasteiger partial charge in [-0.05, 0) is 26.0 Å². The van der Waals surface area contributed by atoms with Crippen LogP contribution >= 0.6 is 11.6 Å². The average Bonchev–Trinajstić information content (AvgIpc) is 3.39. The minimum Gasteiger partial charge on any atom is -0.379 e. The van der Waals surface area contributed by atoms with E-state index in [-0.39, 0.29) is 11.9 Å². The van der Waals surface area contributed by atoms with Crippen LogP contribution in [0.4, 0.5) is 4.39 Å². The molecule has 9 nitrogen and oxygen atoms in total. The lowest BCUT2D eigenvalue weighted by atomic mass is 10.1. The highest BCUT2D eigenvalue weighted by Crippen LogP contribution is 2.32. The van der Waals surface area contributed by atoms with Crippen molar-refractivity contribution in [3.05, 3.63) is 40.9 Å². The summed E-state index contributed by atoms with van der Waals surface area (Å²) in [5.41, 5.74) is 2.57. The maximum absolute atomic E-state index is 15.1. The van der Waals surface area contributed by atoms with E-state index in [2.05, 4.69) is 25.2 Å². The number of carbonyl (C=O) groups excluding carboxylic acids is 1. The van der Waals surface area contributed by atoms with Crippen LogP contribution in [-0.2, 0) is 11.3 Å². The summed E-state index contributed by atoms with van der Waals surface area (Å²) in [6, 6.07) is 2.95. The summed E-state index contributed by atoms with van der Waals surface area (Å²) >= 11 is 6.18. The van der Waals surface area contributed by atoms with Gasteiger partial charge in [0, 0.05) is 36.9 Å². The van der Waals surface area contributed by atoms with Gasteiger partial charge in [-0.2, -0.15) is 5.10 Å². The van der Waals surface area contributed by atoms with Crippen LogP contribution < -0.4 is 5.32 Å². The maximum atomic E-state index is 15.1. The molecule has 178 valence electrons. The number of nitrogens with zero attached hydrogens (tertiary/aromatic N) is 5. The van der Waals surface area contributed by atoms with Gasteiger partial charge in [0.1, 0.15) is 22.7 Å². The summed E-state index contributed by atoms with van der Waals surface area (Å²) in [5.74, 6) is -0.740. The molecule has 0 unspecified atom stereocenters. The van der Waals surface area contributed by atoms with E-state index in [9.17, 15) is 4.79 Å². The summed E-state index contributed by atoms with van der Waals surface area (Å²) < 4.78 is 22.3. The quantitative estimate of drug-likeness (QED) is 0.435. The number of ether oxygens (including phenoxy) is 1. The highest BCUT2D eigenvalue weighted by Gasteiger charge is 2.22. The number of fused-ring (bicyclic) bond motifs is 2. The number of aromatic nitrogens is 5. The molecule has 0 bridgehead atoms. The third-order valence-corrected chi connectivity index (χ3v) is 6.01. The van der Waals surface area contributed by atoms with Crippen LogP contribution in [0.3, 0.4) is 0 Å². The molecule has 1 aliphatic heterocycles. The highest BCUT2D eigenvalue weighted by atomic mass is 35.5. The summed E-state index contributed by atoms with van der Waals surface area (Å²) in [4.78, 5) is 26.9. The van der Waals surface area contributed by atoms with Crippen molar-refractivity contribution in [3.63, 3.8) is 0 Å². The molecule has 0 spiro atoms. The molecule has 1 aromatic carbocycles. The van der Waals surface area contributed by atoms with E-state index < -0.39 is 5.82 Å². The number of aromatic amines is 1. The lowest BCUT2D eigenvalue weighted by Crippen LogP contribution is -2.38. The molecule has 34 heavy (non-hydrogen) atoms. The number of H-pyrrole nitrogens is 1. The smallest absolute Gasteiger partial charge is 0.255 e. The number of nitrogens with one attached hydrogen (secondary N) is 2. The van der Waals surface area contributed by atoms with E-state index in [1.807, 2.05) is 13.8 Å². The molecule has 0 aliphatic carbocycles. The van der Waals surface area contributed by atoms with Gasteiger partial charge in [-0.15, -0.1) is 0 Å². The van der Waals surface area contributed by atoms with Gasteiger partial charge in [0.05, 0.1) is 42.4 Å². The van der Waals surface area contributed by atoms with Gasteiger partial charge in [0.2, 0.25) is 0 Å². The van der Waals surface area contributed by atoms with Crippen molar-refractivity contribution in [1.29, 1.82) is 0 Å². The molecular weight excluding hydrogens is 461 g/mol. The second-order valence-electron chi connectivity index (χ2n) is 8.59. The van der Waals surface area contributed by atoms with Gasteiger partial charge in [0.15, 0.2) is 5.65 Å². The van der Waals surface area contributed by atoms with E-state index in [1.54, 1.807) is 16.9 Å². The number of rotatable bonds is 6. The van der Waals surface area contributed by atoms with Gasteiger partial charge in [-0.3, -0.25) is 14.4 Å². The van der Waals surface area contributed by atoms with Gasteiger partial charge in [0.25, 0.3) is 5.91 Å². The number of hydrogen-bond donors (Lipinski definition) is 2. The number of halogens is 2. The predicted octanol–water partition coefficient (Wildman–Crippen LogP) is 3.24. The molecule has 0 atom stereocenters. The Morgan fingerprint density at radius 2 is 2.09 bits per heavy atom. The van der Waals surface area contributed by atoms with Crippen LogP contribution in [0.1, 0.15) is 24.2 Å². The fourth-order valence-electron chi connectivity index (χ4n) is 4.15. The number of morpholine rings is 1. The zero-order valence-electron chi connectivity index (χ0n) is 18.9. The first-order valence-corrected chi connectivity index (χ1v) is 11.6. The van der Waals surface area contributed by atoms with E-state index in [4.69, 9.17) is 21.4 Å². The fraction of sp³-hybridized carbons (Fsp3) is 0.391. The van der Waals surface area contributed by atoms with Gasteiger partial charge < -0.3 is 15.0 Å². The van der Waals surface area contributed by atoms with Gasteiger partial charge >= 0.3 is 0 Å². The number of amides is 1. The van der Waals surface area contributed by atoms with Crippen LogP contribution in [0.15, 0.2) is 24.5 Å². The van der Waals surface area contributed by atoms with Crippen LogP contribution in [0.5, 0.6) is 0 Å². The lowest BCUT2D eigenvalue weighted by molar-refractivity contribution is 0.0361.